The average Bonchev–Trinajstić information content (AvgIpc) is 3.76. The van der Waals surface area contributed by atoms with Gasteiger partial charge in [0.15, 0.2) is 0 Å². The van der Waals surface area contributed by atoms with E-state index < -0.39 is 0 Å². The van der Waals surface area contributed by atoms with Gasteiger partial charge in [0.05, 0.1) is 0 Å². The van der Waals surface area contributed by atoms with Crippen molar-refractivity contribution in [2.75, 3.05) is 0 Å². The van der Waals surface area contributed by atoms with Crippen LogP contribution < -0.4 is 0 Å². The number of benzene rings is 1. The van der Waals surface area contributed by atoms with Gasteiger partial charge in [0.1, 0.15) is 5.75 Å². The van der Waals surface area contributed by atoms with Crippen LogP contribution in [-0.2, 0) is 5.41 Å². The molecule has 0 radical (unpaired) electrons. The smallest absolute Gasteiger partial charge is 0.128 e. The summed E-state index contributed by atoms with van der Waals surface area (Å²) in [6.07, 6.45) is 33.5. The molecule has 5 atom stereocenters. The van der Waals surface area contributed by atoms with Crippen molar-refractivity contribution in [2.45, 2.75) is 103 Å². The van der Waals surface area contributed by atoms with Crippen LogP contribution in [0.15, 0.2) is 65.7 Å². The molecule has 6 rings (SSSR count). The second-order valence-corrected chi connectivity index (χ2v) is 15.1. The fourth-order valence-electron chi connectivity index (χ4n) is 9.27. The Morgan fingerprint density at radius 2 is 1.38 bits per heavy atom. The lowest BCUT2D eigenvalue weighted by Gasteiger charge is -2.46. The molecule has 0 aromatic heterocycles. The molecule has 0 heterocycles. The zero-order chi connectivity index (χ0) is 29.3. The lowest BCUT2D eigenvalue weighted by molar-refractivity contribution is 0.0465. The van der Waals surface area contributed by atoms with Crippen LogP contribution in [0.3, 0.4) is 0 Å². The van der Waals surface area contributed by atoms with E-state index in [1.165, 1.54) is 38.5 Å². The van der Waals surface area contributed by atoms with Crippen molar-refractivity contribution in [3.05, 3.63) is 77.4 Å². The van der Waals surface area contributed by atoms with E-state index in [4.69, 9.17) is 4.99 Å². The minimum absolute atomic E-state index is 0.168. The minimum Gasteiger partial charge on any atom is -0.507 e. The van der Waals surface area contributed by atoms with Crippen LogP contribution in [0.1, 0.15) is 109 Å². The van der Waals surface area contributed by atoms with Crippen LogP contribution in [0.5, 0.6) is 5.75 Å². The van der Waals surface area contributed by atoms with Crippen LogP contribution in [0.2, 0.25) is 0 Å². The maximum atomic E-state index is 11.2. The highest BCUT2D eigenvalue weighted by Gasteiger charge is 2.56. The first-order valence-corrected chi connectivity index (χ1v) is 16.9. The van der Waals surface area contributed by atoms with Crippen molar-refractivity contribution in [3.63, 3.8) is 0 Å². The van der Waals surface area contributed by atoms with Crippen molar-refractivity contribution in [2.24, 2.45) is 45.9 Å². The molecule has 5 aliphatic rings. The molecule has 222 valence electrons. The molecule has 42 heavy (non-hydrogen) atoms. The van der Waals surface area contributed by atoms with Crippen molar-refractivity contribution in [1.82, 2.24) is 0 Å². The minimum atomic E-state index is -0.168. The third-order valence-corrected chi connectivity index (χ3v) is 11.5. The summed E-state index contributed by atoms with van der Waals surface area (Å²) in [4.78, 5) is 4.85. The largest absolute Gasteiger partial charge is 0.507 e. The highest BCUT2D eigenvalue weighted by molar-refractivity contribution is 5.85. The standard InChI is InChI=1S/C40H51NO/c1-39(2,3)36-26-28(25-29(38(36)42)27-41-31-18-7-8-19-31)15-13-14-24-40(4,30-16-5-6-17-30)37-34-22-11-9-20-32(34)33-21-10-12-23-35(33)37/h9-12,20-23,25-27,30-35,37,42H,5-8,14,16-19,24H2,1-4H3. The molecule has 0 aliphatic heterocycles. The third kappa shape index (κ3) is 5.74. The molecule has 2 heteroatoms. The van der Waals surface area contributed by atoms with E-state index in [1.54, 1.807) is 0 Å². The van der Waals surface area contributed by atoms with Gasteiger partial charge in [0.25, 0.3) is 0 Å². The number of phenols is 1. The molecule has 0 saturated heterocycles. The van der Waals surface area contributed by atoms with E-state index in [9.17, 15) is 5.11 Å². The molecule has 3 saturated carbocycles. The summed E-state index contributed by atoms with van der Waals surface area (Å²) in [6.45, 7) is 9.12. The SMILES string of the molecule is CC(C)(C)c1cc(C#CCCC(C)(C2CCCC2)C2C3C=CC=CC3C3C=CC=CC32)cc(C=NC2CCCC2)c1O. The Kier molecular flexibility index (Phi) is 8.42. The van der Waals surface area contributed by atoms with Crippen LogP contribution in [0, 0.1) is 52.8 Å². The number of fused-ring (bicyclic) bond motifs is 3. The van der Waals surface area contributed by atoms with Crippen molar-refractivity contribution in [1.29, 1.82) is 0 Å². The lowest BCUT2D eigenvalue weighted by Crippen LogP contribution is -2.40. The number of aromatic hydroxyl groups is 1. The third-order valence-electron chi connectivity index (χ3n) is 11.5. The highest BCUT2D eigenvalue weighted by Crippen LogP contribution is 2.62. The second kappa shape index (κ2) is 12.1. The molecule has 1 aromatic carbocycles. The molecule has 5 aliphatic carbocycles. The Morgan fingerprint density at radius 1 is 0.810 bits per heavy atom. The summed E-state index contributed by atoms with van der Waals surface area (Å²) in [7, 11) is 0. The van der Waals surface area contributed by atoms with Gasteiger partial charge in [-0.3, -0.25) is 4.99 Å². The lowest BCUT2D eigenvalue weighted by atomic mass is 9.58. The molecule has 0 amide bonds. The number of rotatable bonds is 6. The first-order chi connectivity index (χ1) is 20.3. The Morgan fingerprint density at radius 3 is 1.98 bits per heavy atom. The van der Waals surface area contributed by atoms with Gasteiger partial charge in [-0.2, -0.15) is 0 Å². The highest BCUT2D eigenvalue weighted by atomic mass is 16.3. The van der Waals surface area contributed by atoms with Gasteiger partial charge in [-0.1, -0.05) is 114 Å². The zero-order valence-electron chi connectivity index (χ0n) is 26.4. The Hall–Kier alpha value is -2.79. The monoisotopic (exact) mass is 561 g/mol. The first kappa shape index (κ1) is 29.3. The zero-order valence-corrected chi connectivity index (χ0v) is 26.4. The van der Waals surface area contributed by atoms with Crippen molar-refractivity contribution < 1.29 is 5.11 Å². The summed E-state index contributed by atoms with van der Waals surface area (Å²) in [6, 6.07) is 4.55. The maximum Gasteiger partial charge on any atom is 0.128 e. The summed E-state index contributed by atoms with van der Waals surface area (Å²) in [5.41, 5.74) is 2.86. The molecule has 3 fully saturated rings. The van der Waals surface area contributed by atoms with Gasteiger partial charge in [-0.25, -0.2) is 0 Å². The number of hydrogen-bond acceptors (Lipinski definition) is 2. The van der Waals surface area contributed by atoms with Gasteiger partial charge in [-0.05, 0) is 90.6 Å². The number of allylic oxidation sites excluding steroid dienone is 8. The van der Waals surface area contributed by atoms with Gasteiger partial charge in [0, 0.05) is 35.4 Å². The second-order valence-electron chi connectivity index (χ2n) is 15.1. The van der Waals surface area contributed by atoms with Crippen molar-refractivity contribution in [3.8, 4) is 17.6 Å². The fraction of sp³-hybridized carbons (Fsp3) is 0.575. The van der Waals surface area contributed by atoms with E-state index in [0.29, 0.717) is 41.4 Å². The molecule has 0 bridgehead atoms. The summed E-state index contributed by atoms with van der Waals surface area (Å²) < 4.78 is 0. The van der Waals surface area contributed by atoms with Crippen LogP contribution in [0.25, 0.3) is 0 Å². The Labute approximate surface area is 255 Å². The topological polar surface area (TPSA) is 32.6 Å². The summed E-state index contributed by atoms with van der Waals surface area (Å²) >= 11 is 0. The van der Waals surface area contributed by atoms with E-state index in [1.807, 2.05) is 6.21 Å². The Bertz CT molecular complexity index is 1310. The predicted octanol–water partition coefficient (Wildman–Crippen LogP) is 9.73. The summed E-state index contributed by atoms with van der Waals surface area (Å²) in [5.74, 6) is 11.4. The first-order valence-electron chi connectivity index (χ1n) is 16.9. The van der Waals surface area contributed by atoms with E-state index in [2.05, 4.69) is 100 Å². The van der Waals surface area contributed by atoms with E-state index in [0.717, 1.165) is 48.3 Å². The quantitative estimate of drug-likeness (QED) is 0.272. The maximum absolute atomic E-state index is 11.2. The van der Waals surface area contributed by atoms with Crippen LogP contribution >= 0.6 is 0 Å². The number of phenolic OH excluding ortho intramolecular Hbond substituents is 1. The van der Waals surface area contributed by atoms with E-state index >= 15 is 0 Å². The predicted molar refractivity (Wildman–Crippen MR) is 177 cm³/mol. The van der Waals surface area contributed by atoms with Crippen LogP contribution in [-0.4, -0.2) is 17.4 Å². The molecular formula is C40H51NO. The molecule has 1 aromatic rings. The number of aliphatic imine (C=N–C) groups is 1. The van der Waals surface area contributed by atoms with Crippen LogP contribution in [0.4, 0.5) is 0 Å². The Balaban J connectivity index is 1.27. The van der Waals surface area contributed by atoms with Gasteiger partial charge in [0.2, 0.25) is 0 Å². The number of nitrogens with zero attached hydrogens (tertiary/aromatic N) is 1. The van der Waals surface area contributed by atoms with Crippen molar-refractivity contribution >= 4 is 6.21 Å². The molecule has 5 unspecified atom stereocenters. The molecule has 0 spiro atoms. The molecule has 1 N–H and O–H groups in total. The summed E-state index contributed by atoms with van der Waals surface area (Å²) in [5, 5.41) is 11.2. The normalized spacial score (nSPS) is 30.4. The fourth-order valence-corrected chi connectivity index (χ4v) is 9.27. The molecule has 2 nitrogen and oxygen atoms in total. The number of hydrogen-bond donors (Lipinski definition) is 1. The average molecular weight is 562 g/mol. The van der Waals surface area contributed by atoms with Gasteiger partial charge < -0.3 is 5.11 Å². The van der Waals surface area contributed by atoms with Gasteiger partial charge >= 0.3 is 0 Å². The van der Waals surface area contributed by atoms with Gasteiger partial charge in [-0.15, -0.1) is 0 Å². The molecular weight excluding hydrogens is 510 g/mol. The van der Waals surface area contributed by atoms with E-state index in [-0.39, 0.29) is 10.8 Å².